The first kappa shape index (κ1) is 13.8. The highest BCUT2D eigenvalue weighted by atomic mass is 15.3. The maximum atomic E-state index is 2.30. The number of quaternary nitrogens is 1. The normalized spacial score (nSPS) is 11.5. The van der Waals surface area contributed by atoms with E-state index >= 15 is 0 Å². The summed E-state index contributed by atoms with van der Waals surface area (Å²) in [5.74, 6) is 0. The van der Waals surface area contributed by atoms with E-state index in [9.17, 15) is 0 Å². The first-order valence-electron chi connectivity index (χ1n) is 7.21. The fraction of sp³-hybridized carbons (Fsp3) is 0.333. The van der Waals surface area contributed by atoms with Gasteiger partial charge in [0, 0.05) is 11.1 Å². The van der Waals surface area contributed by atoms with Crippen LogP contribution in [0.1, 0.15) is 25.0 Å². The van der Waals surface area contributed by atoms with E-state index in [-0.39, 0.29) is 0 Å². The summed E-state index contributed by atoms with van der Waals surface area (Å²) in [5.41, 5.74) is 2.87. The van der Waals surface area contributed by atoms with Gasteiger partial charge in [-0.3, -0.25) is 0 Å². The first-order valence-corrected chi connectivity index (χ1v) is 7.21. The van der Waals surface area contributed by atoms with Gasteiger partial charge < -0.3 is 4.48 Å². The molecule has 0 atom stereocenters. The zero-order valence-electron chi connectivity index (χ0n) is 12.0. The molecule has 0 unspecified atom stereocenters. The fourth-order valence-electron chi connectivity index (χ4n) is 2.67. The number of benzene rings is 2. The van der Waals surface area contributed by atoms with Crippen molar-refractivity contribution < 1.29 is 4.48 Å². The van der Waals surface area contributed by atoms with E-state index in [1.165, 1.54) is 24.2 Å². The van der Waals surface area contributed by atoms with Crippen molar-refractivity contribution in [3.63, 3.8) is 0 Å². The van der Waals surface area contributed by atoms with Gasteiger partial charge in [-0.2, -0.15) is 0 Å². The molecular formula is C18H24N+. The summed E-state index contributed by atoms with van der Waals surface area (Å²) in [5, 5.41) is 0. The second-order valence-electron chi connectivity index (χ2n) is 5.26. The summed E-state index contributed by atoms with van der Waals surface area (Å²) < 4.78 is 1.12. The van der Waals surface area contributed by atoms with E-state index in [0.29, 0.717) is 0 Å². The van der Waals surface area contributed by atoms with Crippen LogP contribution < -0.4 is 0 Å². The van der Waals surface area contributed by atoms with Gasteiger partial charge in [-0.05, 0) is 13.8 Å². The van der Waals surface area contributed by atoms with Crippen LogP contribution in [0, 0.1) is 0 Å². The van der Waals surface area contributed by atoms with Crippen molar-refractivity contribution in [3.05, 3.63) is 71.8 Å². The SMILES string of the molecule is CC[N+](CC)(Cc1ccccc1)Cc1ccccc1. The number of hydrogen-bond donors (Lipinski definition) is 0. The molecule has 0 heterocycles. The molecule has 19 heavy (non-hydrogen) atoms. The molecule has 0 aromatic heterocycles. The predicted molar refractivity (Wildman–Crippen MR) is 81.6 cm³/mol. The number of nitrogens with zero attached hydrogens (tertiary/aromatic N) is 1. The number of rotatable bonds is 6. The Hall–Kier alpha value is -1.60. The summed E-state index contributed by atoms with van der Waals surface area (Å²) in [4.78, 5) is 0. The highest BCUT2D eigenvalue weighted by Gasteiger charge is 2.23. The molecule has 1 heteroatoms. The van der Waals surface area contributed by atoms with Crippen molar-refractivity contribution in [2.24, 2.45) is 0 Å². The van der Waals surface area contributed by atoms with Crippen molar-refractivity contribution in [1.82, 2.24) is 0 Å². The molecule has 2 rings (SSSR count). The van der Waals surface area contributed by atoms with Crippen LogP contribution in [-0.4, -0.2) is 17.6 Å². The third-order valence-corrected chi connectivity index (χ3v) is 4.06. The Kier molecular flexibility index (Phi) is 4.75. The molecule has 0 aliphatic heterocycles. The average Bonchev–Trinajstić information content (AvgIpc) is 2.48. The lowest BCUT2D eigenvalue weighted by Crippen LogP contribution is -2.46. The molecule has 1 nitrogen and oxygen atoms in total. The largest absolute Gasteiger partial charge is 0.317 e. The Morgan fingerprint density at radius 1 is 0.632 bits per heavy atom. The van der Waals surface area contributed by atoms with E-state index < -0.39 is 0 Å². The van der Waals surface area contributed by atoms with Gasteiger partial charge in [0.25, 0.3) is 0 Å². The van der Waals surface area contributed by atoms with Gasteiger partial charge in [0.2, 0.25) is 0 Å². The highest BCUT2D eigenvalue weighted by molar-refractivity contribution is 5.15. The zero-order valence-corrected chi connectivity index (χ0v) is 12.0. The monoisotopic (exact) mass is 254 g/mol. The minimum atomic E-state index is 1.11. The van der Waals surface area contributed by atoms with E-state index in [1.807, 2.05) is 0 Å². The summed E-state index contributed by atoms with van der Waals surface area (Å²) in [7, 11) is 0. The maximum Gasteiger partial charge on any atom is 0.105 e. The topological polar surface area (TPSA) is 0 Å². The lowest BCUT2D eigenvalue weighted by atomic mass is 10.1. The molecular weight excluding hydrogens is 230 g/mol. The third kappa shape index (κ3) is 3.68. The van der Waals surface area contributed by atoms with Crippen LogP contribution in [0.15, 0.2) is 60.7 Å². The number of hydrogen-bond acceptors (Lipinski definition) is 0. The van der Waals surface area contributed by atoms with Gasteiger partial charge in [-0.1, -0.05) is 60.7 Å². The summed E-state index contributed by atoms with van der Waals surface area (Å²) in [6, 6.07) is 21.7. The Morgan fingerprint density at radius 2 is 1.00 bits per heavy atom. The minimum Gasteiger partial charge on any atom is -0.317 e. The van der Waals surface area contributed by atoms with Gasteiger partial charge in [-0.15, -0.1) is 0 Å². The van der Waals surface area contributed by atoms with E-state index in [2.05, 4.69) is 74.5 Å². The lowest BCUT2D eigenvalue weighted by Gasteiger charge is -2.37. The predicted octanol–water partition coefficient (Wildman–Crippen LogP) is 4.24. The standard InChI is InChI=1S/C18H24N/c1-3-19(4-2,15-17-11-7-5-8-12-17)16-18-13-9-6-10-14-18/h5-14H,3-4,15-16H2,1-2H3/q+1. The Balaban J connectivity index is 2.18. The van der Waals surface area contributed by atoms with Gasteiger partial charge in [0.1, 0.15) is 13.1 Å². The van der Waals surface area contributed by atoms with Crippen LogP contribution in [0.5, 0.6) is 0 Å². The molecule has 0 aliphatic rings. The van der Waals surface area contributed by atoms with Crippen LogP contribution in [0.4, 0.5) is 0 Å². The molecule has 100 valence electrons. The minimum absolute atomic E-state index is 1.11. The summed E-state index contributed by atoms with van der Waals surface area (Å²) >= 11 is 0. The van der Waals surface area contributed by atoms with Crippen molar-refractivity contribution in [3.8, 4) is 0 Å². The van der Waals surface area contributed by atoms with Crippen molar-refractivity contribution in [1.29, 1.82) is 0 Å². The average molecular weight is 254 g/mol. The smallest absolute Gasteiger partial charge is 0.105 e. The van der Waals surface area contributed by atoms with E-state index in [1.54, 1.807) is 0 Å². The molecule has 0 spiro atoms. The molecule has 0 aliphatic carbocycles. The summed E-state index contributed by atoms with van der Waals surface area (Å²) in [6.07, 6.45) is 0. The van der Waals surface area contributed by atoms with Gasteiger partial charge in [0.15, 0.2) is 0 Å². The zero-order chi connectivity index (χ0) is 13.6. The van der Waals surface area contributed by atoms with Crippen molar-refractivity contribution >= 4 is 0 Å². The van der Waals surface area contributed by atoms with Crippen LogP contribution in [-0.2, 0) is 13.1 Å². The third-order valence-electron chi connectivity index (χ3n) is 4.06. The second-order valence-corrected chi connectivity index (χ2v) is 5.26. The molecule has 0 saturated carbocycles. The molecule has 0 radical (unpaired) electrons. The molecule has 0 saturated heterocycles. The highest BCUT2D eigenvalue weighted by Crippen LogP contribution is 2.19. The van der Waals surface area contributed by atoms with E-state index in [0.717, 1.165) is 17.6 Å². The summed E-state index contributed by atoms with van der Waals surface area (Å²) in [6.45, 7) is 9.16. The molecule has 0 bridgehead atoms. The molecule has 0 N–H and O–H groups in total. The fourth-order valence-corrected chi connectivity index (χ4v) is 2.67. The van der Waals surface area contributed by atoms with Crippen LogP contribution in [0.3, 0.4) is 0 Å². The molecule has 2 aromatic rings. The quantitative estimate of drug-likeness (QED) is 0.676. The Bertz CT molecular complexity index is 428. The van der Waals surface area contributed by atoms with Crippen LogP contribution in [0.2, 0.25) is 0 Å². The first-order chi connectivity index (χ1) is 9.28. The molecule has 2 aromatic carbocycles. The van der Waals surface area contributed by atoms with E-state index in [4.69, 9.17) is 0 Å². The van der Waals surface area contributed by atoms with Gasteiger partial charge in [0.05, 0.1) is 13.1 Å². The maximum absolute atomic E-state index is 2.30. The second kappa shape index (κ2) is 6.53. The van der Waals surface area contributed by atoms with Crippen LogP contribution >= 0.6 is 0 Å². The van der Waals surface area contributed by atoms with Crippen molar-refractivity contribution in [2.75, 3.05) is 13.1 Å². The van der Waals surface area contributed by atoms with Crippen molar-refractivity contribution in [2.45, 2.75) is 26.9 Å². The van der Waals surface area contributed by atoms with Crippen LogP contribution in [0.25, 0.3) is 0 Å². The lowest BCUT2D eigenvalue weighted by molar-refractivity contribution is -0.950. The van der Waals surface area contributed by atoms with Gasteiger partial charge >= 0.3 is 0 Å². The molecule has 0 fully saturated rings. The Labute approximate surface area is 117 Å². The van der Waals surface area contributed by atoms with Gasteiger partial charge in [-0.25, -0.2) is 0 Å². The Morgan fingerprint density at radius 3 is 1.32 bits per heavy atom. The molecule has 0 amide bonds.